The lowest BCUT2D eigenvalue weighted by Crippen LogP contribution is -2.42. The quantitative estimate of drug-likeness (QED) is 0.576. The molecule has 0 bridgehead atoms. The van der Waals surface area contributed by atoms with Gasteiger partial charge in [0, 0.05) is 12.6 Å². The number of carbonyl (C=O) groups excluding carboxylic acids is 1. The van der Waals surface area contributed by atoms with Crippen molar-refractivity contribution in [3.63, 3.8) is 0 Å². The Morgan fingerprint density at radius 2 is 2.17 bits per heavy atom. The van der Waals surface area contributed by atoms with Crippen LogP contribution in [0.15, 0.2) is 28.6 Å². The van der Waals surface area contributed by atoms with Crippen LogP contribution in [-0.4, -0.2) is 59.3 Å². The van der Waals surface area contributed by atoms with Gasteiger partial charge in [-0.2, -0.15) is 0 Å². The number of benzene rings is 1. The predicted octanol–water partition coefficient (Wildman–Crippen LogP) is 3.33. The second kappa shape index (κ2) is 9.86. The molecule has 1 aromatic carbocycles. The van der Waals surface area contributed by atoms with Crippen LogP contribution in [0.3, 0.4) is 0 Å². The zero-order valence-electron chi connectivity index (χ0n) is 16.0. The molecule has 1 saturated heterocycles. The SMILES string of the molecule is CCCCN(C(=O)CSc1nnc(Nc2ccccc2F)s1)C1CCS(=O)(=O)C1. The molecule has 0 saturated carbocycles. The molecular formula is C18H23FN4O3S3. The van der Waals surface area contributed by atoms with E-state index >= 15 is 0 Å². The van der Waals surface area contributed by atoms with E-state index in [4.69, 9.17) is 0 Å². The fourth-order valence-corrected chi connectivity index (χ4v) is 6.44. The number of hydrogen-bond acceptors (Lipinski definition) is 8. The molecule has 1 aliphatic rings. The molecule has 29 heavy (non-hydrogen) atoms. The fraction of sp³-hybridized carbons (Fsp3) is 0.500. The molecule has 1 N–H and O–H groups in total. The highest BCUT2D eigenvalue weighted by Crippen LogP contribution is 2.29. The highest BCUT2D eigenvalue weighted by molar-refractivity contribution is 8.01. The smallest absolute Gasteiger partial charge is 0.233 e. The summed E-state index contributed by atoms with van der Waals surface area (Å²) in [7, 11) is -3.06. The molecule has 7 nitrogen and oxygen atoms in total. The lowest BCUT2D eigenvalue weighted by atomic mass is 10.2. The fourth-order valence-electron chi connectivity index (χ4n) is 3.06. The van der Waals surface area contributed by atoms with E-state index in [-0.39, 0.29) is 35.0 Å². The molecule has 1 aliphatic heterocycles. The third-order valence-electron chi connectivity index (χ3n) is 4.56. The van der Waals surface area contributed by atoms with Gasteiger partial charge in [0.1, 0.15) is 5.82 Å². The monoisotopic (exact) mass is 458 g/mol. The molecular weight excluding hydrogens is 435 g/mol. The molecule has 0 aliphatic carbocycles. The number of para-hydroxylation sites is 1. The predicted molar refractivity (Wildman–Crippen MR) is 114 cm³/mol. The maximum Gasteiger partial charge on any atom is 0.233 e. The van der Waals surface area contributed by atoms with E-state index in [1.165, 1.54) is 29.2 Å². The van der Waals surface area contributed by atoms with Gasteiger partial charge in [0.05, 0.1) is 22.9 Å². The minimum absolute atomic E-state index is 0.0443. The molecule has 158 valence electrons. The van der Waals surface area contributed by atoms with Crippen molar-refractivity contribution in [2.24, 2.45) is 0 Å². The number of thioether (sulfide) groups is 1. The first-order chi connectivity index (χ1) is 13.9. The first-order valence-corrected chi connectivity index (χ1v) is 13.0. The van der Waals surface area contributed by atoms with E-state index in [9.17, 15) is 17.6 Å². The number of hydrogen-bond donors (Lipinski definition) is 1. The van der Waals surface area contributed by atoms with E-state index in [1.54, 1.807) is 23.1 Å². The van der Waals surface area contributed by atoms with Crippen LogP contribution >= 0.6 is 23.1 Å². The van der Waals surface area contributed by atoms with Crippen LogP contribution in [0, 0.1) is 5.82 Å². The zero-order valence-corrected chi connectivity index (χ0v) is 18.5. The molecule has 3 rings (SSSR count). The minimum atomic E-state index is -3.06. The summed E-state index contributed by atoms with van der Waals surface area (Å²) in [5.74, 6) is -0.131. The first-order valence-electron chi connectivity index (χ1n) is 9.35. The van der Waals surface area contributed by atoms with Gasteiger partial charge in [0.25, 0.3) is 0 Å². The number of unbranched alkanes of at least 4 members (excludes halogenated alkanes) is 1. The van der Waals surface area contributed by atoms with Gasteiger partial charge in [-0.1, -0.05) is 48.6 Å². The summed E-state index contributed by atoms with van der Waals surface area (Å²) in [6.45, 7) is 2.60. The second-order valence-corrected chi connectivity index (χ2v) is 11.2. The Kier molecular flexibility index (Phi) is 7.47. The Hall–Kier alpha value is -1.72. The summed E-state index contributed by atoms with van der Waals surface area (Å²) < 4.78 is 37.9. The van der Waals surface area contributed by atoms with Crippen LogP contribution in [-0.2, 0) is 14.6 Å². The van der Waals surface area contributed by atoms with Gasteiger partial charge >= 0.3 is 0 Å². The van der Waals surface area contributed by atoms with Crippen molar-refractivity contribution in [1.82, 2.24) is 15.1 Å². The Morgan fingerprint density at radius 3 is 2.86 bits per heavy atom. The summed E-state index contributed by atoms with van der Waals surface area (Å²) in [6.07, 6.45) is 2.26. The van der Waals surface area contributed by atoms with Gasteiger partial charge in [-0.3, -0.25) is 4.79 Å². The maximum absolute atomic E-state index is 13.7. The van der Waals surface area contributed by atoms with Crippen LogP contribution in [0.5, 0.6) is 0 Å². The number of anilines is 2. The van der Waals surface area contributed by atoms with Gasteiger partial charge in [-0.05, 0) is 25.0 Å². The standard InChI is InChI=1S/C18H23FN4O3S3/c1-2-3-9-23(13-8-10-29(25,26)12-13)16(24)11-27-18-22-21-17(28-18)20-15-7-5-4-6-14(15)19/h4-7,13H,2-3,8-12H2,1H3,(H,20,21). The van der Waals surface area contributed by atoms with E-state index in [0.29, 0.717) is 28.1 Å². The molecule has 2 heterocycles. The van der Waals surface area contributed by atoms with E-state index < -0.39 is 9.84 Å². The van der Waals surface area contributed by atoms with E-state index in [2.05, 4.69) is 15.5 Å². The number of aromatic nitrogens is 2. The number of sulfone groups is 1. The first kappa shape index (κ1) is 22.0. The Bertz CT molecular complexity index is 951. The largest absolute Gasteiger partial charge is 0.338 e. The molecule has 1 atom stereocenters. The third-order valence-corrected chi connectivity index (χ3v) is 8.27. The van der Waals surface area contributed by atoms with E-state index in [0.717, 1.165) is 12.8 Å². The van der Waals surface area contributed by atoms with Gasteiger partial charge in [0.15, 0.2) is 14.2 Å². The van der Waals surface area contributed by atoms with E-state index in [1.807, 2.05) is 6.92 Å². The average molecular weight is 459 g/mol. The summed E-state index contributed by atoms with van der Waals surface area (Å²) in [5, 5.41) is 11.3. The van der Waals surface area contributed by atoms with Crippen molar-refractivity contribution < 1.29 is 17.6 Å². The summed E-state index contributed by atoms with van der Waals surface area (Å²) >= 11 is 2.49. The molecule has 1 fully saturated rings. The molecule has 2 aromatic rings. The number of nitrogens with one attached hydrogen (secondary N) is 1. The lowest BCUT2D eigenvalue weighted by Gasteiger charge is -2.28. The highest BCUT2D eigenvalue weighted by Gasteiger charge is 2.34. The average Bonchev–Trinajstić information content (AvgIpc) is 3.28. The van der Waals surface area contributed by atoms with Gasteiger partial charge in [0.2, 0.25) is 11.0 Å². The summed E-state index contributed by atoms with van der Waals surface area (Å²) in [4.78, 5) is 14.5. The van der Waals surface area contributed by atoms with Crippen LogP contribution in [0.1, 0.15) is 26.2 Å². The zero-order chi connectivity index (χ0) is 20.9. The summed E-state index contributed by atoms with van der Waals surface area (Å²) in [5.41, 5.74) is 0.310. The number of amides is 1. The Balaban J connectivity index is 1.58. The van der Waals surface area contributed by atoms with Crippen molar-refractivity contribution >= 4 is 49.7 Å². The van der Waals surface area contributed by atoms with Crippen molar-refractivity contribution in [3.05, 3.63) is 30.1 Å². The van der Waals surface area contributed by atoms with Crippen LogP contribution < -0.4 is 5.32 Å². The van der Waals surface area contributed by atoms with Crippen molar-refractivity contribution in [2.45, 2.75) is 36.6 Å². The normalized spacial score (nSPS) is 17.9. The number of carbonyl (C=O) groups is 1. The van der Waals surface area contributed by atoms with Crippen molar-refractivity contribution in [2.75, 3.05) is 29.1 Å². The minimum Gasteiger partial charge on any atom is -0.338 e. The lowest BCUT2D eigenvalue weighted by molar-refractivity contribution is -0.130. The molecule has 1 amide bonds. The molecule has 11 heteroatoms. The maximum atomic E-state index is 13.7. The number of halogens is 1. The van der Waals surface area contributed by atoms with Gasteiger partial charge in [-0.15, -0.1) is 10.2 Å². The molecule has 0 spiro atoms. The van der Waals surface area contributed by atoms with Crippen molar-refractivity contribution in [3.8, 4) is 0 Å². The van der Waals surface area contributed by atoms with Crippen molar-refractivity contribution in [1.29, 1.82) is 0 Å². The Labute approximate surface area is 178 Å². The van der Waals surface area contributed by atoms with Crippen LogP contribution in [0.4, 0.5) is 15.2 Å². The molecule has 1 aromatic heterocycles. The third kappa shape index (κ3) is 6.13. The molecule has 0 radical (unpaired) electrons. The highest BCUT2D eigenvalue weighted by atomic mass is 32.2. The Morgan fingerprint density at radius 1 is 1.38 bits per heavy atom. The van der Waals surface area contributed by atoms with Crippen LogP contribution in [0.2, 0.25) is 0 Å². The summed E-state index contributed by atoms with van der Waals surface area (Å²) in [6, 6.07) is 6.04. The van der Waals surface area contributed by atoms with Crippen LogP contribution in [0.25, 0.3) is 0 Å². The second-order valence-electron chi connectivity index (χ2n) is 6.76. The van der Waals surface area contributed by atoms with Gasteiger partial charge in [-0.25, -0.2) is 12.8 Å². The number of rotatable bonds is 9. The van der Waals surface area contributed by atoms with Gasteiger partial charge < -0.3 is 10.2 Å². The topological polar surface area (TPSA) is 92.3 Å². The molecule has 1 unspecified atom stereocenters. The number of nitrogens with zero attached hydrogens (tertiary/aromatic N) is 3.